The van der Waals surface area contributed by atoms with Crippen molar-refractivity contribution in [2.45, 2.75) is 12.0 Å². The number of hydrogen-bond acceptors (Lipinski definition) is 2. The molecule has 2 nitrogen and oxygen atoms in total. The molecule has 0 bridgehead atoms. The number of aliphatic hydroxyl groups is 1. The highest BCUT2D eigenvalue weighted by Crippen LogP contribution is 2.32. The van der Waals surface area contributed by atoms with Gasteiger partial charge in [-0.05, 0) is 35.4 Å². The summed E-state index contributed by atoms with van der Waals surface area (Å²) in [5.74, 6) is -1.32. The van der Waals surface area contributed by atoms with Gasteiger partial charge in [-0.1, -0.05) is 29.8 Å². The van der Waals surface area contributed by atoms with E-state index in [0.29, 0.717) is 11.1 Å². The molecule has 5 heteroatoms. The van der Waals surface area contributed by atoms with Crippen LogP contribution < -0.4 is 5.73 Å². The second kappa shape index (κ2) is 6.31. The molecule has 2 unspecified atom stereocenters. The summed E-state index contributed by atoms with van der Waals surface area (Å²) in [4.78, 5) is 0. The first-order valence-corrected chi connectivity index (χ1v) is 6.49. The van der Waals surface area contributed by atoms with Gasteiger partial charge in [0.15, 0.2) is 0 Å². The predicted octanol–water partition coefficient (Wildman–Crippen LogP) is 3.39. The van der Waals surface area contributed by atoms with E-state index in [-0.39, 0.29) is 17.4 Å². The van der Waals surface area contributed by atoms with Crippen LogP contribution in [0.2, 0.25) is 5.02 Å². The van der Waals surface area contributed by atoms with Gasteiger partial charge in [-0.15, -0.1) is 0 Å². The minimum absolute atomic E-state index is 0.0589. The Morgan fingerprint density at radius 2 is 1.65 bits per heavy atom. The number of benzene rings is 2. The third-order valence-corrected chi connectivity index (χ3v) is 3.51. The largest absolute Gasteiger partial charge is 0.388 e. The van der Waals surface area contributed by atoms with Crippen molar-refractivity contribution in [2.24, 2.45) is 5.73 Å². The summed E-state index contributed by atoms with van der Waals surface area (Å²) in [5.41, 5.74) is 6.87. The first-order chi connectivity index (χ1) is 9.52. The molecule has 2 rings (SSSR count). The Morgan fingerprint density at radius 3 is 2.20 bits per heavy atom. The number of halogens is 3. The van der Waals surface area contributed by atoms with Gasteiger partial charge < -0.3 is 10.8 Å². The van der Waals surface area contributed by atoms with Gasteiger partial charge in [-0.2, -0.15) is 0 Å². The van der Waals surface area contributed by atoms with Crippen molar-refractivity contribution in [1.29, 1.82) is 0 Å². The van der Waals surface area contributed by atoms with Crippen LogP contribution in [0.25, 0.3) is 0 Å². The SMILES string of the molecule is NCC(c1ccc(F)cc1)C(O)c1ccc(F)c(Cl)c1. The molecule has 2 atom stereocenters. The van der Waals surface area contributed by atoms with Crippen LogP contribution in [0.4, 0.5) is 8.78 Å². The van der Waals surface area contributed by atoms with Gasteiger partial charge >= 0.3 is 0 Å². The van der Waals surface area contributed by atoms with Gasteiger partial charge in [0.1, 0.15) is 11.6 Å². The fourth-order valence-electron chi connectivity index (χ4n) is 2.09. The molecule has 3 N–H and O–H groups in total. The molecule has 2 aromatic rings. The molecule has 0 saturated carbocycles. The molecule has 0 heterocycles. The Hall–Kier alpha value is -1.49. The first-order valence-electron chi connectivity index (χ1n) is 6.11. The van der Waals surface area contributed by atoms with Crippen molar-refractivity contribution < 1.29 is 13.9 Å². The fraction of sp³-hybridized carbons (Fsp3) is 0.200. The van der Waals surface area contributed by atoms with Crippen molar-refractivity contribution in [1.82, 2.24) is 0 Å². The van der Waals surface area contributed by atoms with Crippen LogP contribution in [0, 0.1) is 11.6 Å². The average Bonchev–Trinajstić information content (AvgIpc) is 2.44. The van der Waals surface area contributed by atoms with Crippen LogP contribution in [0.1, 0.15) is 23.1 Å². The summed E-state index contributed by atoms with van der Waals surface area (Å²) < 4.78 is 26.1. The summed E-state index contributed by atoms with van der Waals surface area (Å²) in [6.07, 6.45) is -0.941. The Labute approximate surface area is 120 Å². The molecule has 0 fully saturated rings. The number of rotatable bonds is 4. The molecule has 0 saturated heterocycles. The maximum Gasteiger partial charge on any atom is 0.141 e. The van der Waals surface area contributed by atoms with E-state index in [4.69, 9.17) is 17.3 Å². The van der Waals surface area contributed by atoms with E-state index in [2.05, 4.69) is 0 Å². The van der Waals surface area contributed by atoms with E-state index in [9.17, 15) is 13.9 Å². The number of nitrogens with two attached hydrogens (primary N) is 1. The van der Waals surface area contributed by atoms with Crippen LogP contribution in [0.15, 0.2) is 42.5 Å². The van der Waals surface area contributed by atoms with E-state index in [1.54, 1.807) is 12.1 Å². The van der Waals surface area contributed by atoms with Crippen molar-refractivity contribution >= 4 is 11.6 Å². The zero-order valence-electron chi connectivity index (χ0n) is 10.6. The third-order valence-electron chi connectivity index (χ3n) is 3.22. The Kier molecular flexibility index (Phi) is 4.70. The maximum atomic E-state index is 13.1. The Bertz CT molecular complexity index is 589. The lowest BCUT2D eigenvalue weighted by molar-refractivity contribution is 0.147. The molecule has 0 aliphatic rings. The second-order valence-electron chi connectivity index (χ2n) is 4.51. The van der Waals surface area contributed by atoms with Gasteiger partial charge in [0.25, 0.3) is 0 Å². The fourth-order valence-corrected chi connectivity index (χ4v) is 2.27. The zero-order valence-corrected chi connectivity index (χ0v) is 11.3. The Morgan fingerprint density at radius 1 is 1.05 bits per heavy atom. The van der Waals surface area contributed by atoms with E-state index < -0.39 is 17.8 Å². The second-order valence-corrected chi connectivity index (χ2v) is 4.92. The molecule has 0 radical (unpaired) electrons. The Balaban J connectivity index is 2.30. The van der Waals surface area contributed by atoms with Gasteiger partial charge in [-0.3, -0.25) is 0 Å². The summed E-state index contributed by atoms with van der Waals surface area (Å²) >= 11 is 5.71. The highest BCUT2D eigenvalue weighted by atomic mass is 35.5. The van der Waals surface area contributed by atoms with Gasteiger partial charge in [-0.25, -0.2) is 8.78 Å². The summed E-state index contributed by atoms with van der Waals surface area (Å²) in [6.45, 7) is 0.168. The average molecular weight is 298 g/mol. The molecule has 0 aromatic heterocycles. The van der Waals surface area contributed by atoms with Gasteiger partial charge in [0, 0.05) is 12.5 Å². The van der Waals surface area contributed by atoms with Crippen molar-refractivity contribution in [3.63, 3.8) is 0 Å². The lowest BCUT2D eigenvalue weighted by atomic mass is 9.89. The minimum atomic E-state index is -0.941. The summed E-state index contributed by atoms with van der Waals surface area (Å²) in [5, 5.41) is 10.3. The minimum Gasteiger partial charge on any atom is -0.388 e. The van der Waals surface area contributed by atoms with Gasteiger partial charge in [0.05, 0.1) is 11.1 Å². The van der Waals surface area contributed by atoms with E-state index in [0.717, 1.165) is 0 Å². The molecule has 20 heavy (non-hydrogen) atoms. The van der Waals surface area contributed by atoms with E-state index >= 15 is 0 Å². The lowest BCUT2D eigenvalue weighted by Gasteiger charge is -2.22. The van der Waals surface area contributed by atoms with E-state index in [1.807, 2.05) is 0 Å². The molecular weight excluding hydrogens is 284 g/mol. The van der Waals surface area contributed by atoms with Gasteiger partial charge in [0.2, 0.25) is 0 Å². The predicted molar refractivity (Wildman–Crippen MR) is 74.6 cm³/mol. The molecule has 106 valence electrons. The molecule has 0 aliphatic carbocycles. The highest BCUT2D eigenvalue weighted by molar-refractivity contribution is 6.30. The summed E-state index contributed by atoms with van der Waals surface area (Å²) in [6, 6.07) is 9.78. The topological polar surface area (TPSA) is 46.2 Å². The van der Waals surface area contributed by atoms with Crippen molar-refractivity contribution in [2.75, 3.05) is 6.54 Å². The number of aliphatic hydroxyl groups excluding tert-OH is 1. The normalized spacial score (nSPS) is 14.1. The van der Waals surface area contributed by atoms with E-state index in [1.165, 1.54) is 30.3 Å². The van der Waals surface area contributed by atoms with Crippen LogP contribution in [-0.2, 0) is 0 Å². The lowest BCUT2D eigenvalue weighted by Crippen LogP contribution is -2.20. The third kappa shape index (κ3) is 3.15. The standard InChI is InChI=1S/C15H14ClF2NO/c16-13-7-10(3-6-14(13)18)15(20)12(8-19)9-1-4-11(17)5-2-9/h1-7,12,15,20H,8,19H2. The quantitative estimate of drug-likeness (QED) is 0.908. The van der Waals surface area contributed by atoms with Crippen LogP contribution in [-0.4, -0.2) is 11.7 Å². The first kappa shape index (κ1) is 14.9. The molecule has 0 amide bonds. The van der Waals surface area contributed by atoms with Crippen molar-refractivity contribution in [3.8, 4) is 0 Å². The van der Waals surface area contributed by atoms with Crippen LogP contribution in [0.5, 0.6) is 0 Å². The maximum absolute atomic E-state index is 13.1. The van der Waals surface area contributed by atoms with Crippen LogP contribution >= 0.6 is 11.6 Å². The molecule has 2 aromatic carbocycles. The molecular formula is C15H14ClF2NO. The number of hydrogen-bond donors (Lipinski definition) is 2. The van der Waals surface area contributed by atoms with Crippen LogP contribution in [0.3, 0.4) is 0 Å². The smallest absolute Gasteiger partial charge is 0.141 e. The van der Waals surface area contributed by atoms with Crippen molar-refractivity contribution in [3.05, 3.63) is 70.2 Å². The monoisotopic (exact) mass is 297 g/mol. The molecule has 0 aliphatic heterocycles. The summed E-state index contributed by atoms with van der Waals surface area (Å²) in [7, 11) is 0. The zero-order chi connectivity index (χ0) is 14.7. The highest BCUT2D eigenvalue weighted by Gasteiger charge is 2.22. The molecule has 0 spiro atoms.